The molecule has 8 heteroatoms. The first kappa shape index (κ1) is 17.9. The number of ether oxygens (including phenoxy) is 1. The van der Waals surface area contributed by atoms with E-state index in [1.54, 1.807) is 19.9 Å². The van der Waals surface area contributed by atoms with Crippen molar-refractivity contribution in [3.8, 4) is 5.75 Å². The Morgan fingerprint density at radius 1 is 1.20 bits per heavy atom. The SMILES string of the molecule is Cc1ccc(C(=O)OCC(=O)Nc2cc([N+](=O)[O-])ccc2C)c(O)c1. The number of nitro groups is 1. The molecule has 130 valence electrons. The summed E-state index contributed by atoms with van der Waals surface area (Å²) in [6.07, 6.45) is 0. The van der Waals surface area contributed by atoms with Crippen molar-refractivity contribution >= 4 is 23.3 Å². The van der Waals surface area contributed by atoms with E-state index in [0.717, 1.165) is 5.56 Å². The molecule has 0 saturated heterocycles. The number of anilines is 1. The number of amides is 1. The number of phenols is 1. The number of carbonyl (C=O) groups excluding carboxylic acids is 2. The van der Waals surface area contributed by atoms with Crippen LogP contribution in [0, 0.1) is 24.0 Å². The van der Waals surface area contributed by atoms with E-state index in [4.69, 9.17) is 4.74 Å². The van der Waals surface area contributed by atoms with E-state index in [1.165, 1.54) is 30.3 Å². The zero-order valence-corrected chi connectivity index (χ0v) is 13.6. The summed E-state index contributed by atoms with van der Waals surface area (Å²) in [5.74, 6) is -1.73. The Labute approximate surface area is 143 Å². The molecule has 0 heterocycles. The number of hydrogen-bond acceptors (Lipinski definition) is 6. The summed E-state index contributed by atoms with van der Waals surface area (Å²) in [4.78, 5) is 34.0. The Hall–Kier alpha value is -3.42. The van der Waals surface area contributed by atoms with Crippen molar-refractivity contribution in [2.45, 2.75) is 13.8 Å². The van der Waals surface area contributed by atoms with Crippen LogP contribution in [0.1, 0.15) is 21.5 Å². The van der Waals surface area contributed by atoms with Crippen molar-refractivity contribution in [3.05, 3.63) is 63.2 Å². The van der Waals surface area contributed by atoms with E-state index in [0.29, 0.717) is 5.56 Å². The zero-order chi connectivity index (χ0) is 18.6. The van der Waals surface area contributed by atoms with Crippen molar-refractivity contribution in [3.63, 3.8) is 0 Å². The van der Waals surface area contributed by atoms with E-state index in [-0.39, 0.29) is 22.7 Å². The van der Waals surface area contributed by atoms with Crippen molar-refractivity contribution in [1.29, 1.82) is 0 Å². The van der Waals surface area contributed by atoms with Crippen molar-refractivity contribution in [2.24, 2.45) is 0 Å². The van der Waals surface area contributed by atoms with E-state index in [1.807, 2.05) is 0 Å². The van der Waals surface area contributed by atoms with Gasteiger partial charge in [-0.25, -0.2) is 4.79 Å². The molecule has 0 aromatic heterocycles. The Balaban J connectivity index is 2.00. The van der Waals surface area contributed by atoms with Crippen molar-refractivity contribution < 1.29 is 24.4 Å². The monoisotopic (exact) mass is 344 g/mol. The van der Waals surface area contributed by atoms with Crippen LogP contribution < -0.4 is 5.32 Å². The van der Waals surface area contributed by atoms with Crippen LogP contribution in [0.25, 0.3) is 0 Å². The number of nitro benzene ring substituents is 1. The van der Waals surface area contributed by atoms with Gasteiger partial charge in [-0.15, -0.1) is 0 Å². The molecule has 0 radical (unpaired) electrons. The molecular weight excluding hydrogens is 328 g/mol. The Bertz CT molecular complexity index is 847. The van der Waals surface area contributed by atoms with Crippen LogP contribution >= 0.6 is 0 Å². The van der Waals surface area contributed by atoms with Gasteiger partial charge in [0.25, 0.3) is 11.6 Å². The van der Waals surface area contributed by atoms with Gasteiger partial charge in [0.05, 0.1) is 10.6 Å². The lowest BCUT2D eigenvalue weighted by Gasteiger charge is -2.09. The quantitative estimate of drug-likeness (QED) is 0.489. The Morgan fingerprint density at radius 2 is 1.92 bits per heavy atom. The van der Waals surface area contributed by atoms with Gasteiger partial charge in [-0.3, -0.25) is 14.9 Å². The predicted molar refractivity (Wildman–Crippen MR) is 89.6 cm³/mol. The molecule has 0 aliphatic heterocycles. The van der Waals surface area contributed by atoms with Crippen molar-refractivity contribution in [1.82, 2.24) is 0 Å². The molecule has 0 bridgehead atoms. The van der Waals surface area contributed by atoms with Crippen LogP contribution in [0.5, 0.6) is 5.75 Å². The third-order valence-corrected chi connectivity index (χ3v) is 3.41. The van der Waals surface area contributed by atoms with Gasteiger partial charge in [0.2, 0.25) is 0 Å². The predicted octanol–water partition coefficient (Wildman–Crippen LogP) is 2.71. The first-order chi connectivity index (χ1) is 11.8. The summed E-state index contributed by atoms with van der Waals surface area (Å²) in [6.45, 7) is 2.84. The van der Waals surface area contributed by atoms with Gasteiger partial charge in [-0.05, 0) is 37.1 Å². The molecule has 1 amide bonds. The molecule has 0 unspecified atom stereocenters. The highest BCUT2D eigenvalue weighted by Crippen LogP contribution is 2.22. The maximum atomic E-state index is 11.9. The molecule has 0 aliphatic carbocycles. The molecule has 0 atom stereocenters. The largest absolute Gasteiger partial charge is 0.507 e. The summed E-state index contributed by atoms with van der Waals surface area (Å²) in [5.41, 5.74) is 1.44. The van der Waals surface area contributed by atoms with Gasteiger partial charge in [-0.2, -0.15) is 0 Å². The Morgan fingerprint density at radius 3 is 2.56 bits per heavy atom. The van der Waals surface area contributed by atoms with Gasteiger partial charge in [-0.1, -0.05) is 12.1 Å². The highest BCUT2D eigenvalue weighted by molar-refractivity contribution is 5.97. The minimum Gasteiger partial charge on any atom is -0.507 e. The molecular formula is C17H16N2O6. The fraction of sp³-hybridized carbons (Fsp3) is 0.176. The smallest absolute Gasteiger partial charge is 0.342 e. The van der Waals surface area contributed by atoms with Crippen LogP contribution in [-0.2, 0) is 9.53 Å². The summed E-state index contributed by atoms with van der Waals surface area (Å²) >= 11 is 0. The van der Waals surface area contributed by atoms with E-state index in [9.17, 15) is 24.8 Å². The van der Waals surface area contributed by atoms with Gasteiger partial charge < -0.3 is 15.2 Å². The summed E-state index contributed by atoms with van der Waals surface area (Å²) in [6, 6.07) is 8.48. The van der Waals surface area contributed by atoms with Crippen LogP contribution in [0.15, 0.2) is 36.4 Å². The minimum absolute atomic E-state index is 0.0510. The minimum atomic E-state index is -0.844. The highest BCUT2D eigenvalue weighted by Gasteiger charge is 2.16. The number of rotatable bonds is 5. The maximum Gasteiger partial charge on any atom is 0.342 e. The van der Waals surface area contributed by atoms with E-state index >= 15 is 0 Å². The fourth-order valence-electron chi connectivity index (χ4n) is 2.07. The highest BCUT2D eigenvalue weighted by atomic mass is 16.6. The molecule has 0 fully saturated rings. The lowest BCUT2D eigenvalue weighted by atomic mass is 10.1. The second kappa shape index (κ2) is 7.43. The number of hydrogen-bond donors (Lipinski definition) is 2. The van der Waals surface area contributed by atoms with E-state index in [2.05, 4.69) is 5.32 Å². The normalized spacial score (nSPS) is 10.2. The van der Waals surface area contributed by atoms with Crippen molar-refractivity contribution in [2.75, 3.05) is 11.9 Å². The molecule has 0 aliphatic rings. The number of nitrogens with zero attached hydrogens (tertiary/aromatic N) is 1. The Kier molecular flexibility index (Phi) is 5.33. The molecule has 2 aromatic rings. The van der Waals surface area contributed by atoms with Gasteiger partial charge in [0.15, 0.2) is 6.61 Å². The molecule has 2 N–H and O–H groups in total. The first-order valence-corrected chi connectivity index (χ1v) is 7.29. The molecule has 25 heavy (non-hydrogen) atoms. The van der Waals surface area contributed by atoms with E-state index < -0.39 is 23.4 Å². The van der Waals surface area contributed by atoms with Crippen LogP contribution in [0.4, 0.5) is 11.4 Å². The number of aromatic hydroxyl groups is 1. The molecule has 0 saturated carbocycles. The van der Waals surface area contributed by atoms with Crippen LogP contribution in [0.3, 0.4) is 0 Å². The summed E-state index contributed by atoms with van der Waals surface area (Å²) in [7, 11) is 0. The average molecular weight is 344 g/mol. The number of non-ortho nitro benzene ring substituents is 1. The molecule has 0 spiro atoms. The second-order valence-electron chi connectivity index (χ2n) is 5.40. The van der Waals surface area contributed by atoms with Gasteiger partial charge >= 0.3 is 5.97 Å². The number of esters is 1. The number of benzene rings is 2. The second-order valence-corrected chi connectivity index (χ2v) is 5.40. The molecule has 2 aromatic carbocycles. The van der Waals surface area contributed by atoms with Crippen LogP contribution in [-0.4, -0.2) is 28.5 Å². The zero-order valence-electron chi connectivity index (χ0n) is 13.6. The topological polar surface area (TPSA) is 119 Å². The average Bonchev–Trinajstić information content (AvgIpc) is 2.54. The number of phenolic OH excluding ortho intramolecular Hbond substituents is 1. The summed E-state index contributed by atoms with van der Waals surface area (Å²) < 4.78 is 4.86. The summed E-state index contributed by atoms with van der Waals surface area (Å²) in [5, 5.41) is 22.9. The van der Waals surface area contributed by atoms with Crippen LogP contribution in [0.2, 0.25) is 0 Å². The third kappa shape index (κ3) is 4.54. The fourth-order valence-corrected chi connectivity index (χ4v) is 2.07. The maximum absolute atomic E-state index is 11.9. The van der Waals surface area contributed by atoms with Gasteiger partial charge in [0.1, 0.15) is 11.3 Å². The number of aryl methyl sites for hydroxylation is 2. The molecule has 8 nitrogen and oxygen atoms in total. The number of carbonyl (C=O) groups is 2. The third-order valence-electron chi connectivity index (χ3n) is 3.41. The first-order valence-electron chi connectivity index (χ1n) is 7.29. The lowest BCUT2D eigenvalue weighted by molar-refractivity contribution is -0.384. The lowest BCUT2D eigenvalue weighted by Crippen LogP contribution is -2.21. The molecule has 2 rings (SSSR count). The standard InChI is InChI=1S/C17H16N2O6/c1-10-3-6-13(15(20)7-10)17(22)25-9-16(21)18-14-8-12(19(23)24)5-4-11(14)2/h3-8,20H,9H2,1-2H3,(H,18,21). The number of nitrogens with one attached hydrogen (secondary N) is 1. The van der Waals surface area contributed by atoms with Gasteiger partial charge in [0, 0.05) is 12.1 Å².